The van der Waals surface area contributed by atoms with Crippen molar-refractivity contribution in [3.63, 3.8) is 0 Å². The van der Waals surface area contributed by atoms with Crippen LogP contribution in [0.2, 0.25) is 0 Å². The maximum atomic E-state index is 11.2. The fourth-order valence-corrected chi connectivity index (χ4v) is 0.653. The second-order valence-corrected chi connectivity index (χ2v) is 2.26. The quantitative estimate of drug-likeness (QED) is 0.215. The highest BCUT2D eigenvalue weighted by atomic mass is 32.2. The van der Waals surface area contributed by atoms with E-state index in [4.69, 9.17) is 0 Å². The van der Waals surface area contributed by atoms with Gasteiger partial charge in [-0.05, 0) is 0 Å². The van der Waals surface area contributed by atoms with Crippen LogP contribution in [0.25, 0.3) is 0 Å². The Morgan fingerprint density at radius 1 is 2.00 bits per heavy atom. The molecule has 0 aliphatic heterocycles. The molecule has 1 unspecified atom stereocenters. The molecule has 0 bridgehead atoms. The van der Waals surface area contributed by atoms with Gasteiger partial charge in [0.15, 0.2) is 9.04 Å². The van der Waals surface area contributed by atoms with Gasteiger partial charge in [-0.15, -0.1) is 6.58 Å². The Labute approximate surface area is 54.2 Å². The van der Waals surface area contributed by atoms with E-state index in [2.05, 4.69) is 15.3 Å². The molecule has 0 aromatic rings. The van der Waals surface area contributed by atoms with Crippen molar-refractivity contribution < 1.29 is 8.38 Å². The third kappa shape index (κ3) is 6.37. The van der Waals surface area contributed by atoms with E-state index >= 15 is 0 Å². The second kappa shape index (κ2) is 7.37. The van der Waals surface area contributed by atoms with Crippen molar-refractivity contribution in [1.82, 2.24) is 4.49 Å². The second-order valence-electron chi connectivity index (χ2n) is 0.853. The summed E-state index contributed by atoms with van der Waals surface area (Å²) in [4.78, 5) is 0. The van der Waals surface area contributed by atoms with Gasteiger partial charge < -0.3 is 0 Å². The van der Waals surface area contributed by atoms with E-state index in [0.717, 1.165) is 12.2 Å². The largest absolute Gasteiger partial charge is 0.297 e. The Balaban J connectivity index is 2.62. The Bertz CT molecular complexity index is 65.2. The molecule has 0 fully saturated rings. The Hall–Kier alpha value is 0.370. The summed E-state index contributed by atoms with van der Waals surface area (Å²) in [6, 6.07) is 0. The molecule has 0 saturated carbocycles. The Morgan fingerprint density at radius 2 is 2.75 bits per heavy atom. The molecule has 2 nitrogen and oxygen atoms in total. The van der Waals surface area contributed by atoms with Crippen LogP contribution < -0.4 is 4.49 Å². The molecule has 48 valence electrons. The third-order valence-electron chi connectivity index (χ3n) is 0.325. The highest BCUT2D eigenvalue weighted by Crippen LogP contribution is 2.10. The van der Waals surface area contributed by atoms with Gasteiger partial charge in [0.1, 0.15) is 0 Å². The van der Waals surface area contributed by atoms with E-state index in [1.54, 1.807) is 6.08 Å². The predicted octanol–water partition coefficient (Wildman–Crippen LogP) is 1.82. The zero-order valence-corrected chi connectivity index (χ0v) is 6.00. The van der Waals surface area contributed by atoms with Crippen LogP contribution in [0.15, 0.2) is 12.7 Å². The molecule has 0 aromatic carbocycles. The van der Waals surface area contributed by atoms with Gasteiger partial charge in [0.2, 0.25) is 0 Å². The van der Waals surface area contributed by atoms with Crippen molar-refractivity contribution >= 4 is 21.3 Å². The molecule has 0 spiro atoms. The molecule has 0 aliphatic carbocycles. The van der Waals surface area contributed by atoms with Gasteiger partial charge in [-0.2, -0.15) is 4.49 Å². The van der Waals surface area contributed by atoms with Gasteiger partial charge in [-0.1, -0.05) is 6.08 Å². The SMILES string of the molecule is C=CCOSNPF. The van der Waals surface area contributed by atoms with Crippen LogP contribution >= 0.6 is 21.3 Å². The van der Waals surface area contributed by atoms with Crippen molar-refractivity contribution in [3.8, 4) is 0 Å². The highest BCUT2D eigenvalue weighted by Gasteiger charge is 1.81. The summed E-state index contributed by atoms with van der Waals surface area (Å²) < 4.78 is 18.2. The number of nitrogens with one attached hydrogen (secondary N) is 1. The minimum absolute atomic E-state index is 0.433. The summed E-state index contributed by atoms with van der Waals surface area (Å²) in [7, 11) is -0.777. The molecule has 0 radical (unpaired) electrons. The van der Waals surface area contributed by atoms with Crippen molar-refractivity contribution in [2.24, 2.45) is 0 Å². The van der Waals surface area contributed by atoms with Crippen LogP contribution in [0, 0.1) is 0 Å². The molecule has 8 heavy (non-hydrogen) atoms. The summed E-state index contributed by atoms with van der Waals surface area (Å²) in [5.41, 5.74) is 0. The van der Waals surface area contributed by atoms with Crippen LogP contribution in [0.4, 0.5) is 4.20 Å². The zero-order valence-electron chi connectivity index (χ0n) is 4.19. The van der Waals surface area contributed by atoms with Gasteiger partial charge in [0.25, 0.3) is 0 Å². The molecule has 0 saturated heterocycles. The lowest BCUT2D eigenvalue weighted by molar-refractivity contribution is 0.428. The molecule has 0 rings (SSSR count). The molecular weight excluding hydrogens is 148 g/mol. The summed E-state index contributed by atoms with van der Waals surface area (Å²) in [5.74, 6) is 0. The first-order valence-electron chi connectivity index (χ1n) is 1.91. The van der Waals surface area contributed by atoms with Gasteiger partial charge in [0, 0.05) is 0 Å². The van der Waals surface area contributed by atoms with Crippen molar-refractivity contribution in [1.29, 1.82) is 0 Å². The maximum absolute atomic E-state index is 11.2. The predicted molar refractivity (Wildman–Crippen MR) is 36.3 cm³/mol. The average Bonchev–Trinajstić information content (AvgIpc) is 1.81. The fourth-order valence-electron chi connectivity index (χ4n) is 0.127. The molecule has 1 N–H and O–H groups in total. The van der Waals surface area contributed by atoms with Crippen LogP contribution in [0.1, 0.15) is 0 Å². The first kappa shape index (κ1) is 8.37. The van der Waals surface area contributed by atoms with Gasteiger partial charge in [-0.25, -0.2) is 4.20 Å². The molecular formula is C3H7FNOPS. The first-order chi connectivity index (χ1) is 3.91. The summed E-state index contributed by atoms with van der Waals surface area (Å²) >= 11 is 0.894. The molecule has 0 heterocycles. The minimum atomic E-state index is -0.777. The van der Waals surface area contributed by atoms with Crippen molar-refractivity contribution in [2.75, 3.05) is 6.61 Å². The molecule has 0 aliphatic rings. The smallest absolute Gasteiger partial charge is 0.151 e. The normalized spacial score (nSPS) is 10.6. The van der Waals surface area contributed by atoms with Crippen LogP contribution in [0.5, 0.6) is 0 Å². The Morgan fingerprint density at radius 3 is 3.25 bits per heavy atom. The molecule has 0 aromatic heterocycles. The average molecular weight is 155 g/mol. The van der Waals surface area contributed by atoms with E-state index in [-0.39, 0.29) is 0 Å². The Kier molecular flexibility index (Phi) is 7.71. The van der Waals surface area contributed by atoms with E-state index in [0.29, 0.717) is 6.61 Å². The highest BCUT2D eigenvalue weighted by molar-refractivity contribution is 7.96. The molecule has 1 atom stereocenters. The van der Waals surface area contributed by atoms with Gasteiger partial charge >= 0.3 is 0 Å². The third-order valence-corrected chi connectivity index (χ3v) is 1.22. The van der Waals surface area contributed by atoms with Gasteiger partial charge in [0.05, 0.1) is 18.8 Å². The summed E-state index contributed by atoms with van der Waals surface area (Å²) in [5, 5.41) is 0. The van der Waals surface area contributed by atoms with Crippen LogP contribution in [-0.4, -0.2) is 6.61 Å². The summed E-state index contributed by atoms with van der Waals surface area (Å²) in [6.07, 6.45) is 1.59. The van der Waals surface area contributed by atoms with Crippen LogP contribution in [0.3, 0.4) is 0 Å². The van der Waals surface area contributed by atoms with Crippen LogP contribution in [-0.2, 0) is 4.18 Å². The number of hydrogen-bond donors (Lipinski definition) is 1. The zero-order chi connectivity index (χ0) is 6.24. The summed E-state index contributed by atoms with van der Waals surface area (Å²) in [6.45, 7) is 3.83. The number of halogens is 1. The molecule has 5 heteroatoms. The van der Waals surface area contributed by atoms with E-state index in [1.165, 1.54) is 0 Å². The lowest BCUT2D eigenvalue weighted by atomic mass is 10.7. The standard InChI is InChI=1S/C3H7FNOPS/c1-2-3-6-8-5-7-4/h2,5,7H,1,3H2. The molecule has 0 amide bonds. The van der Waals surface area contributed by atoms with Crippen molar-refractivity contribution in [3.05, 3.63) is 12.7 Å². The van der Waals surface area contributed by atoms with Gasteiger partial charge in [-0.3, -0.25) is 4.18 Å². The van der Waals surface area contributed by atoms with E-state index in [1.807, 2.05) is 0 Å². The minimum Gasteiger partial charge on any atom is -0.297 e. The fraction of sp³-hybridized carbons (Fsp3) is 0.333. The van der Waals surface area contributed by atoms with E-state index in [9.17, 15) is 4.20 Å². The maximum Gasteiger partial charge on any atom is 0.151 e. The first-order valence-corrected chi connectivity index (χ1v) is 3.53. The lowest BCUT2D eigenvalue weighted by Crippen LogP contribution is -1.87. The lowest BCUT2D eigenvalue weighted by Gasteiger charge is -1.93. The van der Waals surface area contributed by atoms with E-state index < -0.39 is 9.04 Å². The van der Waals surface area contributed by atoms with Crippen molar-refractivity contribution in [2.45, 2.75) is 0 Å². The number of hydrogen-bond acceptors (Lipinski definition) is 3. The topological polar surface area (TPSA) is 21.3 Å². The number of rotatable bonds is 5. The monoisotopic (exact) mass is 155 g/mol.